The van der Waals surface area contributed by atoms with Crippen LogP contribution in [0.15, 0.2) is 0 Å². The number of rotatable bonds is 2. The minimum atomic E-state index is 0.242. The molecule has 0 aromatic carbocycles. The van der Waals surface area contributed by atoms with Crippen LogP contribution in [0, 0.1) is 11.8 Å². The molecule has 0 bridgehead atoms. The minimum absolute atomic E-state index is 0.242. The Hall–Kier alpha value is -0.730. The maximum absolute atomic E-state index is 12.3. The highest BCUT2D eigenvalue weighted by atomic mass is 16.2. The van der Waals surface area contributed by atoms with E-state index in [0.29, 0.717) is 12.0 Å². The van der Waals surface area contributed by atoms with Crippen LogP contribution in [0.25, 0.3) is 0 Å². The Labute approximate surface area is 98.8 Å². The van der Waals surface area contributed by atoms with Crippen molar-refractivity contribution in [3.63, 3.8) is 0 Å². The molecular weight excluding hydrogens is 200 g/mol. The molecule has 1 aliphatic carbocycles. The van der Waals surface area contributed by atoms with Crippen LogP contribution >= 0.6 is 0 Å². The van der Waals surface area contributed by atoms with E-state index in [0.717, 1.165) is 19.0 Å². The van der Waals surface area contributed by atoms with E-state index in [-0.39, 0.29) is 6.03 Å². The normalized spacial score (nSPS) is 27.7. The lowest BCUT2D eigenvalue weighted by Gasteiger charge is -2.36. The number of urea groups is 1. The van der Waals surface area contributed by atoms with E-state index in [1.807, 2.05) is 16.8 Å². The highest BCUT2D eigenvalue weighted by Crippen LogP contribution is 2.35. The summed E-state index contributed by atoms with van der Waals surface area (Å²) in [5.74, 6) is 1.43. The van der Waals surface area contributed by atoms with E-state index >= 15 is 0 Å². The molecular formula is C13H24N2O. The molecule has 2 unspecified atom stereocenters. The van der Waals surface area contributed by atoms with E-state index in [2.05, 4.69) is 13.8 Å². The van der Waals surface area contributed by atoms with Gasteiger partial charge < -0.3 is 9.80 Å². The van der Waals surface area contributed by atoms with Crippen LogP contribution in [0.3, 0.4) is 0 Å². The standard InChI is InChI=1S/C13H24N2O/c1-10-5-4-8-15(9-10)13(16)14(3)11(2)12-6-7-12/h10-12H,4-9H2,1-3H3. The highest BCUT2D eigenvalue weighted by Gasteiger charge is 2.34. The predicted molar refractivity (Wildman–Crippen MR) is 65.3 cm³/mol. The van der Waals surface area contributed by atoms with Gasteiger partial charge in [0.15, 0.2) is 0 Å². The number of nitrogens with zero attached hydrogens (tertiary/aromatic N) is 2. The summed E-state index contributed by atoms with van der Waals surface area (Å²) < 4.78 is 0. The third-order valence-corrected chi connectivity index (χ3v) is 4.14. The van der Waals surface area contributed by atoms with E-state index in [1.165, 1.54) is 25.7 Å². The Bertz CT molecular complexity index is 259. The van der Waals surface area contributed by atoms with Crippen LogP contribution in [0.5, 0.6) is 0 Å². The van der Waals surface area contributed by atoms with Crippen molar-refractivity contribution in [2.45, 2.75) is 45.6 Å². The molecule has 0 N–H and O–H groups in total. The summed E-state index contributed by atoms with van der Waals surface area (Å²) in [6.07, 6.45) is 5.04. The number of carbonyl (C=O) groups excluding carboxylic acids is 1. The molecule has 2 fully saturated rings. The van der Waals surface area contributed by atoms with Crippen molar-refractivity contribution in [2.24, 2.45) is 11.8 Å². The molecule has 0 radical (unpaired) electrons. The maximum Gasteiger partial charge on any atom is 0.319 e. The first-order valence-electron chi connectivity index (χ1n) is 6.61. The second kappa shape index (κ2) is 4.64. The largest absolute Gasteiger partial charge is 0.325 e. The van der Waals surface area contributed by atoms with E-state index < -0.39 is 0 Å². The molecule has 1 saturated carbocycles. The number of carbonyl (C=O) groups is 1. The summed E-state index contributed by atoms with van der Waals surface area (Å²) in [5, 5.41) is 0. The summed E-state index contributed by atoms with van der Waals surface area (Å²) in [5.41, 5.74) is 0. The molecule has 3 heteroatoms. The van der Waals surface area contributed by atoms with Crippen LogP contribution in [0.4, 0.5) is 4.79 Å². The van der Waals surface area contributed by atoms with Gasteiger partial charge in [0.1, 0.15) is 0 Å². The number of amides is 2. The summed E-state index contributed by atoms with van der Waals surface area (Å²) >= 11 is 0. The smallest absolute Gasteiger partial charge is 0.319 e. The Morgan fingerprint density at radius 2 is 2.06 bits per heavy atom. The Kier molecular flexibility index (Phi) is 3.41. The van der Waals surface area contributed by atoms with Gasteiger partial charge in [-0.3, -0.25) is 0 Å². The Morgan fingerprint density at radius 1 is 1.38 bits per heavy atom. The lowest BCUT2D eigenvalue weighted by molar-refractivity contribution is 0.124. The second-order valence-electron chi connectivity index (χ2n) is 5.66. The lowest BCUT2D eigenvalue weighted by atomic mass is 10.0. The average Bonchev–Trinajstić information content (AvgIpc) is 3.10. The van der Waals surface area contributed by atoms with Gasteiger partial charge in [0.25, 0.3) is 0 Å². The average molecular weight is 224 g/mol. The molecule has 0 spiro atoms. The van der Waals surface area contributed by atoms with E-state index in [4.69, 9.17) is 0 Å². The SMILES string of the molecule is CC1CCCN(C(=O)N(C)C(C)C2CC2)C1. The molecule has 0 aromatic heterocycles. The van der Waals surface area contributed by atoms with E-state index in [1.54, 1.807) is 0 Å². The van der Waals surface area contributed by atoms with Crippen LogP contribution in [-0.4, -0.2) is 42.0 Å². The van der Waals surface area contributed by atoms with Crippen molar-refractivity contribution in [2.75, 3.05) is 20.1 Å². The van der Waals surface area contributed by atoms with Gasteiger partial charge in [-0.05, 0) is 44.4 Å². The topological polar surface area (TPSA) is 23.6 Å². The molecule has 2 amide bonds. The molecule has 3 nitrogen and oxygen atoms in total. The van der Waals surface area contributed by atoms with Crippen molar-refractivity contribution in [1.29, 1.82) is 0 Å². The zero-order valence-corrected chi connectivity index (χ0v) is 10.8. The van der Waals surface area contributed by atoms with Gasteiger partial charge in [-0.15, -0.1) is 0 Å². The van der Waals surface area contributed by atoms with Crippen molar-refractivity contribution in [3.8, 4) is 0 Å². The summed E-state index contributed by atoms with van der Waals surface area (Å²) in [4.78, 5) is 16.3. The fourth-order valence-electron chi connectivity index (χ4n) is 2.66. The van der Waals surface area contributed by atoms with Crippen LogP contribution in [-0.2, 0) is 0 Å². The zero-order chi connectivity index (χ0) is 11.7. The number of hydrogen-bond donors (Lipinski definition) is 0. The molecule has 2 atom stereocenters. The lowest BCUT2D eigenvalue weighted by Crippen LogP contribution is -2.49. The molecule has 16 heavy (non-hydrogen) atoms. The molecule has 2 rings (SSSR count). The monoisotopic (exact) mass is 224 g/mol. The molecule has 2 aliphatic rings. The first-order valence-corrected chi connectivity index (χ1v) is 6.61. The number of hydrogen-bond acceptors (Lipinski definition) is 1. The molecule has 1 saturated heterocycles. The Balaban J connectivity index is 1.89. The van der Waals surface area contributed by atoms with Gasteiger partial charge in [-0.2, -0.15) is 0 Å². The zero-order valence-electron chi connectivity index (χ0n) is 10.8. The fraction of sp³-hybridized carbons (Fsp3) is 0.923. The Morgan fingerprint density at radius 3 is 2.62 bits per heavy atom. The third-order valence-electron chi connectivity index (χ3n) is 4.14. The van der Waals surface area contributed by atoms with Gasteiger partial charge in [-0.1, -0.05) is 6.92 Å². The summed E-state index contributed by atoms with van der Waals surface area (Å²) in [7, 11) is 1.96. The van der Waals surface area contributed by atoms with Crippen molar-refractivity contribution in [1.82, 2.24) is 9.80 Å². The summed E-state index contributed by atoms with van der Waals surface area (Å²) in [6, 6.07) is 0.663. The predicted octanol–water partition coefficient (Wildman–Crippen LogP) is 2.57. The first-order chi connectivity index (χ1) is 7.59. The van der Waals surface area contributed by atoms with Crippen molar-refractivity contribution >= 4 is 6.03 Å². The maximum atomic E-state index is 12.3. The fourth-order valence-corrected chi connectivity index (χ4v) is 2.66. The second-order valence-corrected chi connectivity index (χ2v) is 5.66. The minimum Gasteiger partial charge on any atom is -0.325 e. The molecule has 1 aliphatic heterocycles. The highest BCUT2D eigenvalue weighted by molar-refractivity contribution is 5.74. The van der Waals surface area contributed by atoms with Gasteiger partial charge in [0.2, 0.25) is 0 Å². The third kappa shape index (κ3) is 2.50. The van der Waals surface area contributed by atoms with Crippen LogP contribution in [0.2, 0.25) is 0 Å². The van der Waals surface area contributed by atoms with Gasteiger partial charge >= 0.3 is 6.03 Å². The van der Waals surface area contributed by atoms with Crippen molar-refractivity contribution in [3.05, 3.63) is 0 Å². The van der Waals surface area contributed by atoms with Crippen LogP contribution < -0.4 is 0 Å². The number of likely N-dealkylation sites (tertiary alicyclic amines) is 1. The molecule has 0 aromatic rings. The van der Waals surface area contributed by atoms with Gasteiger partial charge in [0.05, 0.1) is 0 Å². The van der Waals surface area contributed by atoms with Crippen molar-refractivity contribution < 1.29 is 4.79 Å². The first kappa shape index (κ1) is 11.7. The van der Waals surface area contributed by atoms with Crippen LogP contribution in [0.1, 0.15) is 39.5 Å². The number of piperidine rings is 1. The van der Waals surface area contributed by atoms with E-state index in [9.17, 15) is 4.79 Å². The quantitative estimate of drug-likeness (QED) is 0.707. The molecule has 92 valence electrons. The van der Waals surface area contributed by atoms with Gasteiger partial charge in [0, 0.05) is 26.2 Å². The summed E-state index contributed by atoms with van der Waals surface area (Å²) in [6.45, 7) is 6.32. The molecule has 1 heterocycles. The van der Waals surface area contributed by atoms with Gasteiger partial charge in [-0.25, -0.2) is 4.79 Å².